The van der Waals surface area contributed by atoms with Gasteiger partial charge in [-0.05, 0) is 25.3 Å². The first-order chi connectivity index (χ1) is 11.5. The van der Waals surface area contributed by atoms with E-state index in [2.05, 4.69) is 15.5 Å². The molecule has 24 heavy (non-hydrogen) atoms. The quantitative estimate of drug-likeness (QED) is 0.699. The van der Waals surface area contributed by atoms with E-state index >= 15 is 0 Å². The number of aromatic nitrogens is 2. The topological polar surface area (TPSA) is 94.3 Å². The Morgan fingerprint density at radius 1 is 1.38 bits per heavy atom. The van der Waals surface area contributed by atoms with Crippen molar-refractivity contribution in [3.63, 3.8) is 0 Å². The lowest BCUT2D eigenvalue weighted by Gasteiger charge is -2.10. The third-order valence-corrected chi connectivity index (χ3v) is 4.85. The van der Waals surface area contributed by atoms with Gasteiger partial charge >= 0.3 is 5.97 Å². The third-order valence-electron chi connectivity index (χ3n) is 2.97. The fourth-order valence-electron chi connectivity index (χ4n) is 1.80. The number of carbonyl (C=O) groups is 2. The van der Waals surface area contributed by atoms with Crippen LogP contribution in [0.15, 0.2) is 33.5 Å². The van der Waals surface area contributed by atoms with Gasteiger partial charge in [0.05, 0.1) is 10.6 Å². The molecule has 1 N–H and O–H groups in total. The largest absolute Gasteiger partial charge is 0.448 e. The Bertz CT molecular complexity index is 854. The molecular formula is C15H13N3O4S2. The molecule has 1 unspecified atom stereocenters. The molecule has 0 radical (unpaired) electrons. The first kappa shape index (κ1) is 16.3. The minimum absolute atomic E-state index is 0.179. The molecule has 3 aromatic rings. The summed E-state index contributed by atoms with van der Waals surface area (Å²) in [6.45, 7) is 3.21. The van der Waals surface area contributed by atoms with Crippen molar-refractivity contribution < 1.29 is 18.8 Å². The molecule has 0 spiro atoms. The SMILES string of the molecule is Cc1cc(NC(=O)C(C)OC(=O)c2csc(-c3cccs3)n2)on1. The molecule has 0 aliphatic rings. The summed E-state index contributed by atoms with van der Waals surface area (Å²) in [5.41, 5.74) is 0.817. The number of thiophene rings is 1. The fourth-order valence-corrected chi connectivity index (χ4v) is 3.40. The molecule has 7 nitrogen and oxygen atoms in total. The van der Waals surface area contributed by atoms with E-state index in [1.54, 1.807) is 18.4 Å². The normalized spacial score (nSPS) is 11.9. The van der Waals surface area contributed by atoms with Gasteiger partial charge in [-0.3, -0.25) is 10.1 Å². The number of aryl methyl sites for hydroxylation is 1. The highest BCUT2D eigenvalue weighted by atomic mass is 32.1. The third kappa shape index (κ3) is 3.69. The predicted molar refractivity (Wildman–Crippen MR) is 90.2 cm³/mol. The van der Waals surface area contributed by atoms with E-state index in [1.807, 2.05) is 17.5 Å². The zero-order valence-corrected chi connectivity index (χ0v) is 14.4. The van der Waals surface area contributed by atoms with Crippen LogP contribution in [0.4, 0.5) is 5.88 Å². The average molecular weight is 363 g/mol. The highest BCUT2D eigenvalue weighted by molar-refractivity contribution is 7.20. The molecule has 9 heteroatoms. The van der Waals surface area contributed by atoms with Gasteiger partial charge in [-0.1, -0.05) is 11.2 Å². The van der Waals surface area contributed by atoms with E-state index in [0.29, 0.717) is 5.69 Å². The number of thiazole rings is 1. The first-order valence-corrected chi connectivity index (χ1v) is 8.73. The molecule has 0 aliphatic carbocycles. The Balaban J connectivity index is 1.60. The summed E-state index contributed by atoms with van der Waals surface area (Å²) in [6.07, 6.45) is -0.991. The van der Waals surface area contributed by atoms with Crippen LogP contribution in [-0.2, 0) is 9.53 Å². The summed E-state index contributed by atoms with van der Waals surface area (Å²) < 4.78 is 10.0. The van der Waals surface area contributed by atoms with Gasteiger partial charge in [0, 0.05) is 11.4 Å². The molecule has 3 rings (SSSR count). The number of amides is 1. The van der Waals surface area contributed by atoms with E-state index < -0.39 is 18.0 Å². The molecule has 124 valence electrons. The van der Waals surface area contributed by atoms with Gasteiger partial charge in [0.1, 0.15) is 5.01 Å². The van der Waals surface area contributed by atoms with Gasteiger partial charge in [-0.2, -0.15) is 0 Å². The minimum Gasteiger partial charge on any atom is -0.448 e. The van der Waals surface area contributed by atoms with Crippen molar-refractivity contribution in [1.29, 1.82) is 0 Å². The molecule has 0 saturated heterocycles. The molecule has 0 bridgehead atoms. The number of carbonyl (C=O) groups excluding carboxylic acids is 2. The molecule has 3 heterocycles. The highest BCUT2D eigenvalue weighted by Crippen LogP contribution is 2.28. The van der Waals surface area contributed by atoms with Crippen LogP contribution in [0, 0.1) is 6.92 Å². The molecular weight excluding hydrogens is 350 g/mol. The monoisotopic (exact) mass is 363 g/mol. The van der Waals surface area contributed by atoms with Crippen LogP contribution in [0.1, 0.15) is 23.1 Å². The van der Waals surface area contributed by atoms with Crippen LogP contribution in [0.2, 0.25) is 0 Å². The number of esters is 1. The lowest BCUT2D eigenvalue weighted by Crippen LogP contribution is -2.29. The predicted octanol–water partition coefficient (Wildman–Crippen LogP) is 3.35. The lowest BCUT2D eigenvalue weighted by atomic mass is 10.3. The van der Waals surface area contributed by atoms with Crippen molar-refractivity contribution in [2.75, 3.05) is 5.32 Å². The molecule has 0 aliphatic heterocycles. The second-order valence-corrected chi connectivity index (χ2v) is 6.69. The van der Waals surface area contributed by atoms with Crippen molar-refractivity contribution in [2.24, 2.45) is 0 Å². The number of nitrogens with zero attached hydrogens (tertiary/aromatic N) is 2. The minimum atomic E-state index is -0.991. The highest BCUT2D eigenvalue weighted by Gasteiger charge is 2.22. The van der Waals surface area contributed by atoms with Gasteiger partial charge in [0.15, 0.2) is 11.8 Å². The molecule has 0 fully saturated rings. The maximum Gasteiger partial charge on any atom is 0.358 e. The van der Waals surface area contributed by atoms with Crippen molar-refractivity contribution in [2.45, 2.75) is 20.0 Å². The van der Waals surface area contributed by atoms with Crippen molar-refractivity contribution >= 4 is 40.4 Å². The number of hydrogen-bond acceptors (Lipinski definition) is 8. The molecule has 1 amide bonds. The van der Waals surface area contributed by atoms with Crippen molar-refractivity contribution in [3.8, 4) is 9.88 Å². The number of anilines is 1. The second-order valence-electron chi connectivity index (χ2n) is 4.88. The van der Waals surface area contributed by atoms with E-state index in [4.69, 9.17) is 9.26 Å². The Morgan fingerprint density at radius 2 is 2.21 bits per heavy atom. The van der Waals surface area contributed by atoms with Crippen LogP contribution < -0.4 is 5.32 Å². The Hall–Kier alpha value is -2.52. The first-order valence-electron chi connectivity index (χ1n) is 6.97. The van der Waals surface area contributed by atoms with Crippen molar-refractivity contribution in [1.82, 2.24) is 10.1 Å². The lowest BCUT2D eigenvalue weighted by molar-refractivity contribution is -0.123. The van der Waals surface area contributed by atoms with Crippen molar-refractivity contribution in [3.05, 3.63) is 40.3 Å². The molecule has 3 aromatic heterocycles. The fraction of sp³-hybridized carbons (Fsp3) is 0.200. The average Bonchev–Trinajstić information content (AvgIpc) is 3.28. The smallest absolute Gasteiger partial charge is 0.358 e. The Kier molecular flexibility index (Phi) is 4.72. The van der Waals surface area contributed by atoms with E-state index in [0.717, 1.165) is 9.88 Å². The maximum atomic E-state index is 12.1. The van der Waals surface area contributed by atoms with Gasteiger partial charge in [0.25, 0.3) is 5.91 Å². The summed E-state index contributed by atoms with van der Waals surface area (Å²) in [5, 5.41) is 10.4. The standard InChI is InChI=1S/C15H13N3O4S2/c1-8-6-12(22-18-8)17-13(19)9(2)21-15(20)10-7-24-14(16-10)11-4-3-5-23-11/h3-7,9H,1-2H3,(H,17,19). The number of nitrogens with one attached hydrogen (secondary N) is 1. The molecule has 0 aromatic carbocycles. The zero-order valence-electron chi connectivity index (χ0n) is 12.8. The summed E-state index contributed by atoms with van der Waals surface area (Å²) >= 11 is 2.89. The summed E-state index contributed by atoms with van der Waals surface area (Å²) in [5.74, 6) is -0.951. The van der Waals surface area contributed by atoms with E-state index in [1.165, 1.54) is 29.6 Å². The van der Waals surface area contributed by atoms with Crippen LogP contribution in [0.3, 0.4) is 0 Å². The van der Waals surface area contributed by atoms with Crippen LogP contribution >= 0.6 is 22.7 Å². The van der Waals surface area contributed by atoms with Crippen LogP contribution in [0.25, 0.3) is 9.88 Å². The molecule has 1 atom stereocenters. The Labute approximate surface area is 145 Å². The number of hydrogen-bond donors (Lipinski definition) is 1. The summed E-state index contributed by atoms with van der Waals surface area (Å²) in [6, 6.07) is 5.41. The maximum absolute atomic E-state index is 12.1. The van der Waals surface area contributed by atoms with Gasteiger partial charge in [-0.15, -0.1) is 22.7 Å². The van der Waals surface area contributed by atoms with Gasteiger partial charge in [0.2, 0.25) is 5.88 Å². The van der Waals surface area contributed by atoms with Gasteiger partial charge < -0.3 is 9.26 Å². The Morgan fingerprint density at radius 3 is 2.88 bits per heavy atom. The second kappa shape index (κ2) is 6.93. The van der Waals surface area contributed by atoms with Crippen LogP contribution in [0.5, 0.6) is 0 Å². The van der Waals surface area contributed by atoms with Gasteiger partial charge in [-0.25, -0.2) is 9.78 Å². The van der Waals surface area contributed by atoms with E-state index in [-0.39, 0.29) is 11.6 Å². The number of rotatable bonds is 5. The molecule has 0 saturated carbocycles. The van der Waals surface area contributed by atoms with E-state index in [9.17, 15) is 9.59 Å². The van der Waals surface area contributed by atoms with Crippen LogP contribution in [-0.4, -0.2) is 28.1 Å². The number of ether oxygens (including phenoxy) is 1. The zero-order chi connectivity index (χ0) is 17.1. The summed E-state index contributed by atoms with van der Waals surface area (Å²) in [4.78, 5) is 29.3. The summed E-state index contributed by atoms with van der Waals surface area (Å²) in [7, 11) is 0.